The molecule has 0 amide bonds. The van der Waals surface area contributed by atoms with Gasteiger partial charge < -0.3 is 28.5 Å². The molecular formula is C28H18O10. The summed E-state index contributed by atoms with van der Waals surface area (Å²) in [7, 11) is 0. The Morgan fingerprint density at radius 3 is 1.47 bits per heavy atom. The molecule has 0 aliphatic carbocycles. The van der Waals surface area contributed by atoms with Gasteiger partial charge >= 0.3 is 11.9 Å². The van der Waals surface area contributed by atoms with Gasteiger partial charge in [0.2, 0.25) is 11.5 Å². The molecule has 0 fully saturated rings. The molecule has 0 unspecified atom stereocenters. The third kappa shape index (κ3) is 4.82. The number of benzene rings is 3. The van der Waals surface area contributed by atoms with Crippen molar-refractivity contribution in [1.29, 1.82) is 0 Å². The Labute approximate surface area is 212 Å². The Hall–Kier alpha value is -5.38. The van der Waals surface area contributed by atoms with Crippen LogP contribution in [-0.4, -0.2) is 22.2 Å². The van der Waals surface area contributed by atoms with Gasteiger partial charge in [0.15, 0.2) is 10.9 Å². The minimum absolute atomic E-state index is 0.100. The monoisotopic (exact) mass is 514 g/mol. The minimum Gasteiger partial charge on any atom is -0.488 e. The molecule has 0 atom stereocenters. The molecule has 38 heavy (non-hydrogen) atoms. The molecule has 0 aliphatic heterocycles. The van der Waals surface area contributed by atoms with E-state index in [1.165, 1.54) is 12.1 Å². The molecule has 0 saturated heterocycles. The van der Waals surface area contributed by atoms with Gasteiger partial charge in [-0.15, -0.1) is 0 Å². The van der Waals surface area contributed by atoms with Crippen molar-refractivity contribution < 1.29 is 38.1 Å². The van der Waals surface area contributed by atoms with Crippen LogP contribution in [0.3, 0.4) is 0 Å². The Balaban J connectivity index is 1.34. The molecule has 0 aliphatic rings. The zero-order valence-corrected chi connectivity index (χ0v) is 19.5. The van der Waals surface area contributed by atoms with Crippen molar-refractivity contribution in [3.63, 3.8) is 0 Å². The molecular weight excluding hydrogens is 496 g/mol. The van der Waals surface area contributed by atoms with E-state index in [1.54, 1.807) is 30.3 Å². The zero-order chi connectivity index (χ0) is 26.8. The summed E-state index contributed by atoms with van der Waals surface area (Å²) >= 11 is 0. The number of hydrogen-bond acceptors (Lipinski definition) is 8. The average Bonchev–Trinajstić information content (AvgIpc) is 2.90. The summed E-state index contributed by atoms with van der Waals surface area (Å²) in [5.74, 6) is -3.11. The van der Waals surface area contributed by atoms with Gasteiger partial charge in [-0.05, 0) is 41.5 Å². The lowest BCUT2D eigenvalue weighted by Gasteiger charge is -2.11. The number of carbonyl (C=O) groups is 2. The number of hydrogen-bond donors (Lipinski definition) is 2. The van der Waals surface area contributed by atoms with Gasteiger partial charge in [-0.3, -0.25) is 9.59 Å². The molecule has 0 spiro atoms. The first-order valence-corrected chi connectivity index (χ1v) is 11.2. The quantitative estimate of drug-likeness (QED) is 0.303. The second kappa shape index (κ2) is 9.94. The van der Waals surface area contributed by atoms with E-state index in [4.69, 9.17) is 28.5 Å². The standard InChI is InChI=1S/C28H18O10/c29-17-11-23(27(31)32)37-21-8-2-6-19(25(17)21)35-13-15-4-1-5-16(10-15)14-36-20-7-3-9-22-26(20)18(30)12-24(38-22)28(33)34/h1-12H,13-14H2,(H,31,32)(H,33,34). The van der Waals surface area contributed by atoms with E-state index < -0.39 is 34.3 Å². The highest BCUT2D eigenvalue weighted by atomic mass is 16.5. The Bertz CT molecular complexity index is 1700. The maximum atomic E-state index is 12.5. The van der Waals surface area contributed by atoms with Gasteiger partial charge in [0.1, 0.15) is 46.7 Å². The second-order valence-corrected chi connectivity index (χ2v) is 8.22. The van der Waals surface area contributed by atoms with Crippen LogP contribution in [0.5, 0.6) is 11.5 Å². The molecule has 190 valence electrons. The lowest BCUT2D eigenvalue weighted by atomic mass is 10.1. The summed E-state index contributed by atoms with van der Waals surface area (Å²) < 4.78 is 22.3. The largest absolute Gasteiger partial charge is 0.488 e. The third-order valence-electron chi connectivity index (χ3n) is 5.63. The van der Waals surface area contributed by atoms with Crippen LogP contribution >= 0.6 is 0 Å². The molecule has 0 radical (unpaired) electrons. The molecule has 3 aromatic carbocycles. The van der Waals surface area contributed by atoms with Crippen molar-refractivity contribution >= 4 is 33.9 Å². The fourth-order valence-corrected chi connectivity index (χ4v) is 3.94. The first kappa shape index (κ1) is 24.3. The van der Waals surface area contributed by atoms with Crippen molar-refractivity contribution in [1.82, 2.24) is 0 Å². The van der Waals surface area contributed by atoms with Crippen LogP contribution in [0.15, 0.2) is 91.2 Å². The Morgan fingerprint density at radius 2 is 1.05 bits per heavy atom. The van der Waals surface area contributed by atoms with Crippen LogP contribution in [0.4, 0.5) is 0 Å². The van der Waals surface area contributed by atoms with Gasteiger partial charge in [0, 0.05) is 12.1 Å². The summed E-state index contributed by atoms with van der Waals surface area (Å²) in [6.45, 7) is 0.200. The zero-order valence-electron chi connectivity index (χ0n) is 19.5. The highest BCUT2D eigenvalue weighted by Crippen LogP contribution is 2.26. The van der Waals surface area contributed by atoms with E-state index in [9.17, 15) is 19.2 Å². The number of carboxylic acid groups (broad SMARTS) is 2. The average molecular weight is 514 g/mol. The normalized spacial score (nSPS) is 10.9. The van der Waals surface area contributed by atoms with Gasteiger partial charge in [0.25, 0.3) is 0 Å². The second-order valence-electron chi connectivity index (χ2n) is 8.22. The maximum Gasteiger partial charge on any atom is 0.371 e. The molecule has 2 aromatic heterocycles. The minimum atomic E-state index is -1.34. The summed E-state index contributed by atoms with van der Waals surface area (Å²) in [4.78, 5) is 47.3. The molecule has 5 aromatic rings. The fraction of sp³-hybridized carbons (Fsp3) is 0.0714. The van der Waals surface area contributed by atoms with Gasteiger partial charge in [-0.1, -0.05) is 30.3 Å². The Kier molecular flexibility index (Phi) is 6.36. The highest BCUT2D eigenvalue weighted by molar-refractivity contribution is 5.90. The third-order valence-corrected chi connectivity index (χ3v) is 5.63. The van der Waals surface area contributed by atoms with Crippen LogP contribution in [-0.2, 0) is 13.2 Å². The topological polar surface area (TPSA) is 153 Å². The van der Waals surface area contributed by atoms with E-state index in [2.05, 4.69) is 0 Å². The van der Waals surface area contributed by atoms with Crippen LogP contribution in [0.1, 0.15) is 32.2 Å². The Morgan fingerprint density at radius 1 is 0.632 bits per heavy atom. The number of rotatable bonds is 8. The van der Waals surface area contributed by atoms with Crippen molar-refractivity contribution in [2.75, 3.05) is 0 Å². The van der Waals surface area contributed by atoms with Crippen LogP contribution in [0.2, 0.25) is 0 Å². The first-order valence-electron chi connectivity index (χ1n) is 11.2. The van der Waals surface area contributed by atoms with E-state index in [1.807, 2.05) is 18.2 Å². The molecule has 2 heterocycles. The van der Waals surface area contributed by atoms with Crippen LogP contribution in [0, 0.1) is 0 Å². The maximum absolute atomic E-state index is 12.5. The summed E-state index contributed by atoms with van der Waals surface area (Å²) in [5, 5.41) is 18.5. The van der Waals surface area contributed by atoms with E-state index in [0.29, 0.717) is 0 Å². The lowest BCUT2D eigenvalue weighted by molar-refractivity contribution is 0.0653. The van der Waals surface area contributed by atoms with E-state index >= 15 is 0 Å². The number of fused-ring (bicyclic) bond motifs is 2. The molecule has 0 saturated carbocycles. The number of ether oxygens (including phenoxy) is 2. The molecule has 10 nitrogen and oxygen atoms in total. The summed E-state index contributed by atoms with van der Waals surface area (Å²) in [6, 6.07) is 18.4. The van der Waals surface area contributed by atoms with Crippen LogP contribution in [0.25, 0.3) is 21.9 Å². The van der Waals surface area contributed by atoms with Crippen molar-refractivity contribution in [2.45, 2.75) is 13.2 Å². The SMILES string of the molecule is O=C(O)c1cc(=O)c2c(OCc3cccc(COc4cccc5oc(C(=O)O)cc(=O)c45)c3)cccc2o1. The van der Waals surface area contributed by atoms with Crippen LogP contribution < -0.4 is 20.3 Å². The van der Waals surface area contributed by atoms with Crippen molar-refractivity contribution in [3.8, 4) is 11.5 Å². The molecule has 0 bridgehead atoms. The molecule has 10 heteroatoms. The fourth-order valence-electron chi connectivity index (χ4n) is 3.94. The van der Waals surface area contributed by atoms with Gasteiger partial charge in [-0.25, -0.2) is 9.59 Å². The number of aromatic carboxylic acids is 2. The van der Waals surface area contributed by atoms with Gasteiger partial charge in [0.05, 0.1) is 0 Å². The number of carboxylic acids is 2. The lowest BCUT2D eigenvalue weighted by Crippen LogP contribution is -2.08. The smallest absolute Gasteiger partial charge is 0.371 e. The predicted molar refractivity (Wildman–Crippen MR) is 134 cm³/mol. The highest BCUT2D eigenvalue weighted by Gasteiger charge is 2.16. The predicted octanol–water partition coefficient (Wildman–Crippen LogP) is 4.45. The van der Waals surface area contributed by atoms with Crippen molar-refractivity contribution in [2.24, 2.45) is 0 Å². The summed E-state index contributed by atoms with van der Waals surface area (Å²) in [5.41, 5.74) is 0.665. The van der Waals surface area contributed by atoms with Crippen molar-refractivity contribution in [3.05, 3.63) is 116 Å². The van der Waals surface area contributed by atoms with Gasteiger partial charge in [-0.2, -0.15) is 0 Å². The van der Waals surface area contributed by atoms with E-state index in [-0.39, 0.29) is 46.7 Å². The van der Waals surface area contributed by atoms with E-state index in [0.717, 1.165) is 23.3 Å². The molecule has 2 N–H and O–H groups in total. The summed E-state index contributed by atoms with van der Waals surface area (Å²) in [6.07, 6.45) is 0. The first-order chi connectivity index (χ1) is 18.3. The molecule has 5 rings (SSSR count).